The minimum Gasteiger partial charge on any atom is -0.341 e. The summed E-state index contributed by atoms with van der Waals surface area (Å²) in [5, 5.41) is 9.22. The minimum absolute atomic E-state index is 0.0718. The molecule has 3 aromatic rings. The lowest BCUT2D eigenvalue weighted by atomic mass is 10.1. The van der Waals surface area contributed by atoms with Crippen LogP contribution in [0.3, 0.4) is 0 Å². The van der Waals surface area contributed by atoms with Gasteiger partial charge in [-0.2, -0.15) is 0 Å². The highest BCUT2D eigenvalue weighted by Gasteiger charge is 2.15. The van der Waals surface area contributed by atoms with Crippen LogP contribution in [0.2, 0.25) is 0 Å². The second kappa shape index (κ2) is 8.19. The van der Waals surface area contributed by atoms with Gasteiger partial charge >= 0.3 is 0 Å². The van der Waals surface area contributed by atoms with Crippen molar-refractivity contribution in [1.82, 2.24) is 19.7 Å². The molecule has 6 heteroatoms. The maximum absolute atomic E-state index is 12.5. The Morgan fingerprint density at radius 2 is 1.77 bits per heavy atom. The van der Waals surface area contributed by atoms with E-state index >= 15 is 0 Å². The van der Waals surface area contributed by atoms with Crippen molar-refractivity contribution in [2.24, 2.45) is 7.05 Å². The first-order valence-corrected chi connectivity index (χ1v) is 9.41. The number of carbonyl (C=O) groups is 1. The summed E-state index contributed by atoms with van der Waals surface area (Å²) in [6.07, 6.45) is 0. The van der Waals surface area contributed by atoms with E-state index in [2.05, 4.69) is 29.3 Å². The summed E-state index contributed by atoms with van der Waals surface area (Å²) in [5.41, 5.74) is 3.37. The number of carbonyl (C=O) groups excluding carboxylic acids is 1. The standard InChI is InChI=1S/C20H22N4OS/c1-15-9-7-8-12-17(15)13-23(2)18(25)14-26-20-22-21-19(24(20)3)16-10-5-4-6-11-16/h4-12H,13-14H2,1-3H3. The number of hydrogen-bond acceptors (Lipinski definition) is 4. The number of thioether (sulfide) groups is 1. The Bertz CT molecular complexity index is 892. The second-order valence-electron chi connectivity index (χ2n) is 6.20. The van der Waals surface area contributed by atoms with Crippen LogP contribution >= 0.6 is 11.8 Å². The highest BCUT2D eigenvalue weighted by Crippen LogP contribution is 2.22. The first kappa shape index (κ1) is 18.2. The van der Waals surface area contributed by atoms with Crippen molar-refractivity contribution in [2.75, 3.05) is 12.8 Å². The van der Waals surface area contributed by atoms with Crippen LogP contribution in [0.25, 0.3) is 11.4 Å². The number of rotatable bonds is 6. The first-order chi connectivity index (χ1) is 12.6. The van der Waals surface area contributed by atoms with Gasteiger partial charge in [-0.3, -0.25) is 4.79 Å². The summed E-state index contributed by atoms with van der Waals surface area (Å²) in [4.78, 5) is 14.2. The molecule has 0 aliphatic carbocycles. The third kappa shape index (κ3) is 4.14. The molecule has 0 saturated carbocycles. The van der Waals surface area contributed by atoms with E-state index in [1.165, 1.54) is 22.9 Å². The molecule has 1 aromatic heterocycles. The SMILES string of the molecule is Cc1ccccc1CN(C)C(=O)CSc1nnc(-c2ccccc2)n1C. The molecule has 3 rings (SSSR count). The molecule has 1 amide bonds. The van der Waals surface area contributed by atoms with Gasteiger partial charge in [-0.25, -0.2) is 0 Å². The number of amides is 1. The number of hydrogen-bond donors (Lipinski definition) is 0. The molecule has 26 heavy (non-hydrogen) atoms. The quantitative estimate of drug-likeness (QED) is 0.626. The Balaban J connectivity index is 1.61. The molecule has 0 atom stereocenters. The fourth-order valence-electron chi connectivity index (χ4n) is 2.65. The van der Waals surface area contributed by atoms with Crippen LogP contribution in [0, 0.1) is 6.92 Å². The van der Waals surface area contributed by atoms with E-state index in [1.807, 2.05) is 61.1 Å². The summed E-state index contributed by atoms with van der Waals surface area (Å²) in [6, 6.07) is 18.0. The molecule has 0 radical (unpaired) electrons. The average molecular weight is 366 g/mol. The lowest BCUT2D eigenvalue weighted by Crippen LogP contribution is -2.28. The first-order valence-electron chi connectivity index (χ1n) is 8.42. The van der Waals surface area contributed by atoms with Crippen LogP contribution in [-0.2, 0) is 18.4 Å². The predicted molar refractivity (Wildman–Crippen MR) is 105 cm³/mol. The monoisotopic (exact) mass is 366 g/mol. The number of benzene rings is 2. The van der Waals surface area contributed by atoms with Crippen molar-refractivity contribution >= 4 is 17.7 Å². The number of aromatic nitrogens is 3. The van der Waals surface area contributed by atoms with Crippen molar-refractivity contribution < 1.29 is 4.79 Å². The molecular weight excluding hydrogens is 344 g/mol. The highest BCUT2D eigenvalue weighted by atomic mass is 32.2. The molecule has 134 valence electrons. The Morgan fingerprint density at radius 1 is 1.08 bits per heavy atom. The van der Waals surface area contributed by atoms with Crippen LogP contribution in [0.15, 0.2) is 59.8 Å². The van der Waals surface area contributed by atoms with E-state index in [4.69, 9.17) is 0 Å². The van der Waals surface area contributed by atoms with Crippen molar-refractivity contribution in [3.8, 4) is 11.4 Å². The molecule has 5 nitrogen and oxygen atoms in total. The van der Waals surface area contributed by atoms with Gasteiger partial charge in [-0.1, -0.05) is 66.4 Å². The third-order valence-corrected chi connectivity index (χ3v) is 5.29. The Labute approximate surface area is 158 Å². The van der Waals surface area contributed by atoms with Crippen LogP contribution in [0.1, 0.15) is 11.1 Å². The normalized spacial score (nSPS) is 10.7. The zero-order valence-electron chi connectivity index (χ0n) is 15.2. The molecule has 1 heterocycles. The van der Waals surface area contributed by atoms with E-state index in [0.717, 1.165) is 16.5 Å². The van der Waals surface area contributed by atoms with E-state index < -0.39 is 0 Å². The zero-order chi connectivity index (χ0) is 18.5. The van der Waals surface area contributed by atoms with E-state index in [1.54, 1.807) is 4.90 Å². The van der Waals surface area contributed by atoms with Crippen LogP contribution in [0.5, 0.6) is 0 Å². The third-order valence-electron chi connectivity index (χ3n) is 4.29. The summed E-state index contributed by atoms with van der Waals surface area (Å²) in [7, 11) is 3.76. The molecule has 0 aliphatic heterocycles. The molecule has 0 unspecified atom stereocenters. The second-order valence-corrected chi connectivity index (χ2v) is 7.14. The Hall–Kier alpha value is -2.60. The fourth-order valence-corrected chi connectivity index (χ4v) is 3.50. The van der Waals surface area contributed by atoms with E-state index in [-0.39, 0.29) is 5.91 Å². The van der Waals surface area contributed by atoms with E-state index in [0.29, 0.717) is 12.3 Å². The summed E-state index contributed by atoms with van der Waals surface area (Å²) in [6.45, 7) is 2.67. The number of aryl methyl sites for hydroxylation is 1. The lowest BCUT2D eigenvalue weighted by molar-refractivity contribution is -0.127. The Kier molecular flexibility index (Phi) is 5.73. The van der Waals surface area contributed by atoms with Gasteiger partial charge in [0.25, 0.3) is 0 Å². The zero-order valence-corrected chi connectivity index (χ0v) is 16.0. The van der Waals surface area contributed by atoms with Crippen molar-refractivity contribution in [3.63, 3.8) is 0 Å². The Morgan fingerprint density at radius 3 is 2.50 bits per heavy atom. The van der Waals surface area contributed by atoms with Crippen LogP contribution < -0.4 is 0 Å². The molecule has 2 aromatic carbocycles. The van der Waals surface area contributed by atoms with Gasteiger partial charge in [-0.05, 0) is 18.1 Å². The molecular formula is C20H22N4OS. The summed E-state index contributed by atoms with van der Waals surface area (Å²) in [5.74, 6) is 1.21. The van der Waals surface area contributed by atoms with Gasteiger partial charge in [0.15, 0.2) is 11.0 Å². The maximum Gasteiger partial charge on any atom is 0.233 e. The lowest BCUT2D eigenvalue weighted by Gasteiger charge is -2.18. The summed E-state index contributed by atoms with van der Waals surface area (Å²) < 4.78 is 1.93. The molecule has 0 aliphatic rings. The van der Waals surface area contributed by atoms with Gasteiger partial charge in [-0.15, -0.1) is 10.2 Å². The van der Waals surface area contributed by atoms with Gasteiger partial charge < -0.3 is 9.47 Å². The summed E-state index contributed by atoms with van der Waals surface area (Å²) >= 11 is 1.41. The average Bonchev–Trinajstić information content (AvgIpc) is 3.03. The largest absolute Gasteiger partial charge is 0.341 e. The van der Waals surface area contributed by atoms with Crippen LogP contribution in [-0.4, -0.2) is 38.4 Å². The predicted octanol–water partition coefficient (Wildman–Crippen LogP) is 3.54. The molecule has 0 saturated heterocycles. The highest BCUT2D eigenvalue weighted by molar-refractivity contribution is 7.99. The van der Waals surface area contributed by atoms with Gasteiger partial charge in [0.2, 0.25) is 5.91 Å². The van der Waals surface area contributed by atoms with Gasteiger partial charge in [0.05, 0.1) is 5.75 Å². The van der Waals surface area contributed by atoms with E-state index in [9.17, 15) is 4.79 Å². The topological polar surface area (TPSA) is 51.0 Å². The number of nitrogens with zero attached hydrogens (tertiary/aromatic N) is 4. The van der Waals surface area contributed by atoms with Crippen molar-refractivity contribution in [3.05, 3.63) is 65.7 Å². The molecule has 0 N–H and O–H groups in total. The maximum atomic E-state index is 12.5. The fraction of sp³-hybridized carbons (Fsp3) is 0.250. The van der Waals surface area contributed by atoms with Crippen molar-refractivity contribution in [2.45, 2.75) is 18.6 Å². The smallest absolute Gasteiger partial charge is 0.233 e. The molecule has 0 bridgehead atoms. The van der Waals surface area contributed by atoms with Gasteiger partial charge in [0.1, 0.15) is 0 Å². The van der Waals surface area contributed by atoms with Crippen LogP contribution in [0.4, 0.5) is 0 Å². The van der Waals surface area contributed by atoms with Crippen molar-refractivity contribution in [1.29, 1.82) is 0 Å². The molecule has 0 spiro atoms. The van der Waals surface area contributed by atoms with Gasteiger partial charge in [0, 0.05) is 26.2 Å². The minimum atomic E-state index is 0.0718. The molecule has 0 fully saturated rings.